The molecule has 0 saturated heterocycles. The van der Waals surface area contributed by atoms with E-state index in [1.165, 1.54) is 26.4 Å². The number of halogens is 4. The molecule has 1 amide bonds. The lowest BCUT2D eigenvalue weighted by Crippen LogP contribution is -2.13. The fraction of sp³-hybridized carbons (Fsp3) is 0.188. The molecule has 0 aliphatic rings. The van der Waals surface area contributed by atoms with E-state index in [-0.39, 0.29) is 16.3 Å². The first-order chi connectivity index (χ1) is 11.3. The zero-order valence-corrected chi connectivity index (χ0v) is 13.5. The van der Waals surface area contributed by atoms with Crippen molar-refractivity contribution in [1.82, 2.24) is 0 Å². The van der Waals surface area contributed by atoms with Crippen LogP contribution < -0.4 is 14.8 Å². The molecule has 0 spiro atoms. The lowest BCUT2D eigenvalue weighted by molar-refractivity contribution is -0.137. The minimum Gasteiger partial charge on any atom is -0.493 e. The van der Waals surface area contributed by atoms with Crippen LogP contribution in [0.3, 0.4) is 0 Å². The summed E-state index contributed by atoms with van der Waals surface area (Å²) in [4.78, 5) is 12.2. The van der Waals surface area contributed by atoms with Crippen LogP contribution in [0.4, 0.5) is 18.9 Å². The van der Waals surface area contributed by atoms with Crippen molar-refractivity contribution in [3.05, 3.63) is 52.5 Å². The van der Waals surface area contributed by atoms with E-state index in [1.807, 2.05) is 0 Å². The van der Waals surface area contributed by atoms with Crippen molar-refractivity contribution < 1.29 is 27.4 Å². The van der Waals surface area contributed by atoms with Gasteiger partial charge in [-0.05, 0) is 24.3 Å². The number of alkyl halides is 3. The fourth-order valence-electron chi connectivity index (χ4n) is 1.96. The van der Waals surface area contributed by atoms with Gasteiger partial charge >= 0.3 is 6.18 Å². The Labute approximate surface area is 141 Å². The first-order valence-electron chi connectivity index (χ1n) is 6.66. The Bertz CT molecular complexity index is 745. The molecule has 0 aliphatic carbocycles. The zero-order chi connectivity index (χ0) is 17.9. The van der Waals surface area contributed by atoms with Crippen LogP contribution in [-0.4, -0.2) is 20.1 Å². The normalized spacial score (nSPS) is 11.1. The van der Waals surface area contributed by atoms with Gasteiger partial charge in [0, 0.05) is 17.7 Å². The molecule has 0 aliphatic heterocycles. The maximum atomic E-state index is 12.5. The highest BCUT2D eigenvalue weighted by Crippen LogP contribution is 2.36. The monoisotopic (exact) mass is 359 g/mol. The quantitative estimate of drug-likeness (QED) is 0.866. The largest absolute Gasteiger partial charge is 0.493 e. The van der Waals surface area contributed by atoms with E-state index in [0.717, 1.165) is 24.3 Å². The summed E-state index contributed by atoms with van der Waals surface area (Å²) in [7, 11) is 2.86. The Morgan fingerprint density at radius 3 is 2.08 bits per heavy atom. The highest BCUT2D eigenvalue weighted by atomic mass is 35.5. The van der Waals surface area contributed by atoms with Gasteiger partial charge in [-0.15, -0.1) is 0 Å². The average Bonchev–Trinajstić information content (AvgIpc) is 2.55. The van der Waals surface area contributed by atoms with Crippen molar-refractivity contribution in [3.8, 4) is 11.5 Å². The van der Waals surface area contributed by atoms with Gasteiger partial charge in [0.1, 0.15) is 0 Å². The summed E-state index contributed by atoms with van der Waals surface area (Å²) < 4.78 is 47.8. The van der Waals surface area contributed by atoms with E-state index in [9.17, 15) is 18.0 Å². The second kappa shape index (κ2) is 7.00. The van der Waals surface area contributed by atoms with E-state index < -0.39 is 17.6 Å². The Balaban J connectivity index is 2.23. The van der Waals surface area contributed by atoms with Gasteiger partial charge in [0.25, 0.3) is 5.91 Å². The fourth-order valence-corrected chi connectivity index (χ4v) is 2.16. The molecule has 0 atom stereocenters. The lowest BCUT2D eigenvalue weighted by Gasteiger charge is -2.13. The average molecular weight is 360 g/mol. The minimum absolute atomic E-state index is 0.0638. The number of amides is 1. The molecule has 0 heterocycles. The molecular formula is C16H13ClF3NO3. The van der Waals surface area contributed by atoms with Crippen molar-refractivity contribution in [1.29, 1.82) is 0 Å². The van der Waals surface area contributed by atoms with Gasteiger partial charge in [-0.2, -0.15) is 13.2 Å². The molecule has 0 radical (unpaired) electrons. The maximum absolute atomic E-state index is 12.5. The molecule has 4 nitrogen and oxygen atoms in total. The number of methoxy groups -OCH3 is 2. The minimum atomic E-state index is -4.46. The molecule has 2 aromatic rings. The second-order valence-corrected chi connectivity index (χ2v) is 5.12. The van der Waals surface area contributed by atoms with Crippen LogP contribution >= 0.6 is 11.6 Å². The predicted octanol–water partition coefficient (Wildman–Crippen LogP) is 4.63. The number of carbonyl (C=O) groups is 1. The molecule has 0 saturated carbocycles. The first kappa shape index (κ1) is 17.9. The highest BCUT2D eigenvalue weighted by Gasteiger charge is 2.30. The predicted molar refractivity (Wildman–Crippen MR) is 84.0 cm³/mol. The Kier molecular flexibility index (Phi) is 5.23. The van der Waals surface area contributed by atoms with Gasteiger partial charge in [0.2, 0.25) is 0 Å². The van der Waals surface area contributed by atoms with Gasteiger partial charge in [0.15, 0.2) is 11.5 Å². The molecule has 1 N–H and O–H groups in total. The van der Waals surface area contributed by atoms with Crippen LogP contribution in [-0.2, 0) is 6.18 Å². The number of benzene rings is 2. The lowest BCUT2D eigenvalue weighted by atomic mass is 10.1. The molecule has 2 aromatic carbocycles. The summed E-state index contributed by atoms with van der Waals surface area (Å²) in [6.07, 6.45) is -4.46. The summed E-state index contributed by atoms with van der Waals surface area (Å²) in [6.45, 7) is 0. The number of ether oxygens (including phenoxy) is 2. The Morgan fingerprint density at radius 2 is 1.58 bits per heavy atom. The van der Waals surface area contributed by atoms with Crippen LogP contribution in [0.25, 0.3) is 0 Å². The van der Waals surface area contributed by atoms with Crippen LogP contribution in [0.5, 0.6) is 11.5 Å². The number of nitrogens with one attached hydrogen (secondary N) is 1. The molecule has 0 unspecified atom stereocenters. The van der Waals surface area contributed by atoms with Gasteiger partial charge in [-0.25, -0.2) is 0 Å². The maximum Gasteiger partial charge on any atom is 0.416 e. The van der Waals surface area contributed by atoms with Crippen LogP contribution in [0, 0.1) is 0 Å². The number of hydrogen-bond acceptors (Lipinski definition) is 3. The van der Waals surface area contributed by atoms with Crippen molar-refractivity contribution in [2.45, 2.75) is 6.18 Å². The standard InChI is InChI=1S/C16H13ClF3NO3/c1-23-13-7-11(17)12(8-14(13)24-2)21-15(22)9-3-5-10(6-4-9)16(18,19)20/h3-8H,1-2H3,(H,21,22). The SMILES string of the molecule is COc1cc(Cl)c(NC(=O)c2ccc(C(F)(F)F)cc2)cc1OC. The van der Waals surface area contributed by atoms with Gasteiger partial charge in [0.05, 0.1) is 30.5 Å². The molecule has 128 valence electrons. The smallest absolute Gasteiger partial charge is 0.416 e. The topological polar surface area (TPSA) is 47.6 Å². The van der Waals surface area contributed by atoms with Crippen molar-refractivity contribution in [3.63, 3.8) is 0 Å². The third kappa shape index (κ3) is 3.91. The Morgan fingerprint density at radius 1 is 1.04 bits per heavy atom. The highest BCUT2D eigenvalue weighted by molar-refractivity contribution is 6.34. The molecule has 8 heteroatoms. The number of hydrogen-bond donors (Lipinski definition) is 1. The summed E-state index contributed by atoms with van der Waals surface area (Å²) in [5, 5.41) is 2.72. The number of anilines is 1. The van der Waals surface area contributed by atoms with Crippen molar-refractivity contribution in [2.24, 2.45) is 0 Å². The molecule has 0 fully saturated rings. The van der Waals surface area contributed by atoms with Crippen molar-refractivity contribution in [2.75, 3.05) is 19.5 Å². The van der Waals surface area contributed by atoms with Crippen LogP contribution in [0.2, 0.25) is 5.02 Å². The number of carbonyl (C=O) groups excluding carboxylic acids is 1. The van der Waals surface area contributed by atoms with E-state index in [0.29, 0.717) is 11.5 Å². The van der Waals surface area contributed by atoms with E-state index >= 15 is 0 Å². The van der Waals surface area contributed by atoms with Gasteiger partial charge in [-0.1, -0.05) is 11.6 Å². The Hall–Kier alpha value is -2.41. The molecular weight excluding hydrogens is 347 g/mol. The van der Waals surface area contributed by atoms with Crippen LogP contribution in [0.15, 0.2) is 36.4 Å². The number of rotatable bonds is 4. The zero-order valence-electron chi connectivity index (χ0n) is 12.7. The van der Waals surface area contributed by atoms with Gasteiger partial charge in [-0.3, -0.25) is 4.79 Å². The molecule has 0 bridgehead atoms. The first-order valence-corrected chi connectivity index (χ1v) is 7.04. The summed E-state index contributed by atoms with van der Waals surface area (Å²) in [5.41, 5.74) is -0.517. The summed E-state index contributed by atoms with van der Waals surface area (Å²) in [5.74, 6) is 0.137. The van der Waals surface area contributed by atoms with Crippen LogP contribution in [0.1, 0.15) is 15.9 Å². The van der Waals surface area contributed by atoms with E-state index in [2.05, 4.69) is 5.32 Å². The van der Waals surface area contributed by atoms with E-state index in [4.69, 9.17) is 21.1 Å². The second-order valence-electron chi connectivity index (χ2n) is 4.72. The van der Waals surface area contributed by atoms with Gasteiger partial charge < -0.3 is 14.8 Å². The molecule has 24 heavy (non-hydrogen) atoms. The molecule has 0 aromatic heterocycles. The van der Waals surface area contributed by atoms with Crippen molar-refractivity contribution >= 4 is 23.2 Å². The summed E-state index contributed by atoms with van der Waals surface area (Å²) in [6, 6.07) is 6.78. The third-order valence-corrected chi connectivity index (χ3v) is 3.51. The van der Waals surface area contributed by atoms with E-state index in [1.54, 1.807) is 0 Å². The molecule has 2 rings (SSSR count). The third-order valence-electron chi connectivity index (χ3n) is 3.20. The summed E-state index contributed by atoms with van der Waals surface area (Å²) >= 11 is 6.05.